The number of aromatic hydroxyl groups is 1. The summed E-state index contributed by atoms with van der Waals surface area (Å²) in [7, 11) is 0. The summed E-state index contributed by atoms with van der Waals surface area (Å²) in [6.07, 6.45) is 8.04. The van der Waals surface area contributed by atoms with E-state index in [0.717, 1.165) is 22.1 Å². The average molecular weight is 447 g/mol. The first-order valence-corrected chi connectivity index (χ1v) is 8.20. The van der Waals surface area contributed by atoms with Crippen LogP contribution in [0, 0.1) is 0 Å². The summed E-state index contributed by atoms with van der Waals surface area (Å²) in [5, 5.41) is 9.76. The van der Waals surface area contributed by atoms with E-state index in [9.17, 15) is 5.11 Å². The van der Waals surface area contributed by atoms with Crippen LogP contribution in [-0.2, 0) is 6.54 Å². The number of pyridine rings is 1. The first kappa shape index (κ1) is 18.4. The van der Waals surface area contributed by atoms with Crippen LogP contribution < -0.4 is 21.5 Å². The Bertz CT molecular complexity index is 829. The van der Waals surface area contributed by atoms with Crippen molar-refractivity contribution >= 4 is 28.1 Å². The van der Waals surface area contributed by atoms with Gasteiger partial charge in [-0.2, -0.15) is 0 Å². The Balaban J connectivity index is 0.00000208. The van der Waals surface area contributed by atoms with Crippen molar-refractivity contribution in [1.82, 2.24) is 0 Å². The van der Waals surface area contributed by atoms with Crippen LogP contribution in [0.4, 0.5) is 0 Å². The van der Waals surface area contributed by atoms with Gasteiger partial charge in [-0.3, -0.25) is 0 Å². The van der Waals surface area contributed by atoms with E-state index in [-0.39, 0.29) is 17.0 Å². The van der Waals surface area contributed by atoms with Gasteiger partial charge >= 0.3 is 0 Å². The molecule has 4 heteroatoms. The third kappa shape index (κ3) is 4.79. The molecule has 0 aliphatic rings. The summed E-state index contributed by atoms with van der Waals surface area (Å²) in [5.74, 6) is 0.295. The summed E-state index contributed by atoms with van der Waals surface area (Å²) >= 11 is 3.58. The minimum Gasteiger partial charge on any atom is -1.00 e. The molecule has 1 aromatic heterocycles. The molecular weight excluding hydrogens is 430 g/mol. The highest BCUT2D eigenvalue weighted by Crippen LogP contribution is 2.18. The summed E-state index contributed by atoms with van der Waals surface area (Å²) in [6.45, 7) is 0.824. The van der Waals surface area contributed by atoms with Crippen molar-refractivity contribution in [2.75, 3.05) is 0 Å². The molecule has 0 bridgehead atoms. The Morgan fingerprint density at radius 3 is 2.25 bits per heavy atom. The lowest BCUT2D eigenvalue weighted by Gasteiger charge is -2.01. The first-order valence-electron chi connectivity index (χ1n) is 7.41. The number of hydrogen-bond donors (Lipinski definition) is 1. The number of rotatable bonds is 4. The molecule has 0 saturated carbocycles. The van der Waals surface area contributed by atoms with Gasteiger partial charge < -0.3 is 22.1 Å². The number of benzene rings is 2. The van der Waals surface area contributed by atoms with E-state index in [2.05, 4.69) is 57.2 Å². The molecule has 0 atom stereocenters. The number of halogens is 2. The number of nitrogens with zero attached hydrogens (tertiary/aromatic N) is 1. The zero-order valence-electron chi connectivity index (χ0n) is 12.9. The van der Waals surface area contributed by atoms with Crippen molar-refractivity contribution < 1.29 is 26.7 Å². The molecule has 0 saturated heterocycles. The summed E-state index contributed by atoms with van der Waals surface area (Å²) < 4.78 is 3.26. The van der Waals surface area contributed by atoms with Crippen molar-refractivity contribution in [3.05, 3.63) is 94.2 Å². The van der Waals surface area contributed by atoms with Crippen LogP contribution >= 0.6 is 15.9 Å². The SMILES string of the molecule is Oc1ccccc1/C=C/c1cc[n+](Cc2ccccc2Br)cc1.[Br-]. The lowest BCUT2D eigenvalue weighted by atomic mass is 10.1. The van der Waals surface area contributed by atoms with E-state index in [0.29, 0.717) is 5.75 Å². The number of phenolic OH excluding ortho intramolecular Hbond substituents is 1. The van der Waals surface area contributed by atoms with Gasteiger partial charge in [0.1, 0.15) is 5.75 Å². The maximum atomic E-state index is 9.76. The Morgan fingerprint density at radius 1 is 0.875 bits per heavy atom. The molecule has 0 spiro atoms. The van der Waals surface area contributed by atoms with Gasteiger partial charge in [0.25, 0.3) is 0 Å². The normalized spacial score (nSPS) is 10.5. The van der Waals surface area contributed by atoms with Crippen LogP contribution in [0.2, 0.25) is 0 Å². The van der Waals surface area contributed by atoms with Gasteiger partial charge in [-0.05, 0) is 17.7 Å². The average Bonchev–Trinajstić information content (AvgIpc) is 2.57. The molecule has 3 rings (SSSR count). The van der Waals surface area contributed by atoms with Crippen molar-refractivity contribution in [1.29, 1.82) is 0 Å². The second-order valence-electron chi connectivity index (χ2n) is 5.29. The Kier molecular flexibility index (Phi) is 6.76. The third-order valence-corrected chi connectivity index (χ3v) is 4.39. The molecule has 0 unspecified atom stereocenters. The zero-order valence-corrected chi connectivity index (χ0v) is 16.1. The molecule has 2 nitrogen and oxygen atoms in total. The van der Waals surface area contributed by atoms with Crippen molar-refractivity contribution in [3.8, 4) is 5.75 Å². The highest BCUT2D eigenvalue weighted by Gasteiger charge is 2.05. The molecule has 1 heterocycles. The van der Waals surface area contributed by atoms with Gasteiger partial charge in [0, 0.05) is 27.7 Å². The van der Waals surface area contributed by atoms with E-state index >= 15 is 0 Å². The molecule has 3 aromatic rings. The topological polar surface area (TPSA) is 24.1 Å². The molecule has 0 radical (unpaired) electrons. The number of phenols is 1. The van der Waals surface area contributed by atoms with E-state index in [1.54, 1.807) is 6.07 Å². The molecule has 122 valence electrons. The lowest BCUT2D eigenvalue weighted by Crippen LogP contribution is -3.00. The van der Waals surface area contributed by atoms with Crippen LogP contribution in [0.25, 0.3) is 12.2 Å². The largest absolute Gasteiger partial charge is 1.00 e. The summed E-state index contributed by atoms with van der Waals surface area (Å²) in [4.78, 5) is 0. The highest BCUT2D eigenvalue weighted by atomic mass is 79.9. The fourth-order valence-corrected chi connectivity index (χ4v) is 2.73. The molecule has 0 amide bonds. The fraction of sp³-hybridized carbons (Fsp3) is 0.0500. The monoisotopic (exact) mass is 445 g/mol. The maximum absolute atomic E-state index is 9.76. The minimum absolute atomic E-state index is 0. The van der Waals surface area contributed by atoms with Gasteiger partial charge in [-0.15, -0.1) is 0 Å². The number of hydrogen-bond acceptors (Lipinski definition) is 1. The highest BCUT2D eigenvalue weighted by molar-refractivity contribution is 9.10. The van der Waals surface area contributed by atoms with Crippen LogP contribution in [0.3, 0.4) is 0 Å². The standard InChI is InChI=1S/C20H16BrNO.BrH/c21-19-7-3-1-6-18(19)15-22-13-11-16(12-14-22)9-10-17-5-2-4-8-20(17)23;/h1-14H,15H2;1H. The van der Waals surface area contributed by atoms with Crippen molar-refractivity contribution in [2.24, 2.45) is 0 Å². The minimum atomic E-state index is 0. The second kappa shape index (κ2) is 8.81. The van der Waals surface area contributed by atoms with Crippen LogP contribution in [0.1, 0.15) is 16.7 Å². The van der Waals surface area contributed by atoms with Gasteiger partial charge in [0.2, 0.25) is 0 Å². The zero-order chi connectivity index (χ0) is 16.1. The van der Waals surface area contributed by atoms with E-state index in [1.807, 2.05) is 42.5 Å². The molecule has 24 heavy (non-hydrogen) atoms. The fourth-order valence-electron chi connectivity index (χ4n) is 2.32. The molecular formula is C20H17Br2NO. The van der Waals surface area contributed by atoms with Crippen LogP contribution in [0.5, 0.6) is 5.75 Å². The summed E-state index contributed by atoms with van der Waals surface area (Å²) in [6, 6.07) is 19.7. The Morgan fingerprint density at radius 2 is 1.54 bits per heavy atom. The first-order chi connectivity index (χ1) is 11.2. The lowest BCUT2D eigenvalue weighted by molar-refractivity contribution is -0.688. The number of aromatic nitrogens is 1. The van der Waals surface area contributed by atoms with Crippen molar-refractivity contribution in [2.45, 2.75) is 6.54 Å². The smallest absolute Gasteiger partial charge is 0.174 e. The predicted octanol–water partition coefficient (Wildman–Crippen LogP) is 1.66. The molecule has 0 fully saturated rings. The quantitative estimate of drug-likeness (QED) is 0.605. The van der Waals surface area contributed by atoms with Gasteiger partial charge in [0.05, 0.1) is 0 Å². The van der Waals surface area contributed by atoms with E-state index < -0.39 is 0 Å². The second-order valence-corrected chi connectivity index (χ2v) is 6.14. The van der Waals surface area contributed by atoms with Crippen LogP contribution in [-0.4, -0.2) is 5.11 Å². The Hall–Kier alpha value is -1.91. The van der Waals surface area contributed by atoms with Gasteiger partial charge in [-0.1, -0.05) is 64.5 Å². The predicted molar refractivity (Wildman–Crippen MR) is 96.9 cm³/mol. The Labute approximate surface area is 161 Å². The van der Waals surface area contributed by atoms with E-state index in [1.165, 1.54) is 5.56 Å². The summed E-state index contributed by atoms with van der Waals surface area (Å²) in [5.41, 5.74) is 3.16. The molecule has 0 aliphatic carbocycles. The maximum Gasteiger partial charge on any atom is 0.174 e. The number of para-hydroxylation sites is 1. The van der Waals surface area contributed by atoms with Gasteiger partial charge in [-0.25, -0.2) is 4.57 Å². The third-order valence-electron chi connectivity index (χ3n) is 3.62. The van der Waals surface area contributed by atoms with E-state index in [4.69, 9.17) is 0 Å². The van der Waals surface area contributed by atoms with Gasteiger partial charge in [0.15, 0.2) is 18.9 Å². The molecule has 0 aliphatic heterocycles. The van der Waals surface area contributed by atoms with Crippen LogP contribution in [0.15, 0.2) is 77.5 Å². The van der Waals surface area contributed by atoms with Crippen molar-refractivity contribution in [3.63, 3.8) is 0 Å². The molecule has 2 aromatic carbocycles. The molecule has 1 N–H and O–H groups in total.